The summed E-state index contributed by atoms with van der Waals surface area (Å²) in [6.07, 6.45) is 18.5. The van der Waals surface area contributed by atoms with Crippen LogP contribution in [-0.2, 0) is 4.74 Å². The maximum Gasteiger partial charge on any atom is 0.137 e. The number of rotatable bonds is 4. The minimum Gasteiger partial charge on any atom is -0.506 e. The zero-order chi connectivity index (χ0) is 21.7. The van der Waals surface area contributed by atoms with Gasteiger partial charge in [0.15, 0.2) is 0 Å². The number of halogens is 1. The molecule has 31 heavy (non-hydrogen) atoms. The van der Waals surface area contributed by atoms with Crippen LogP contribution in [0.25, 0.3) is 0 Å². The molecule has 3 heterocycles. The molecule has 2 aromatic rings. The first-order valence-electron chi connectivity index (χ1n) is 11.3. The molecule has 7 heteroatoms. The molecule has 170 valence electrons. The van der Waals surface area contributed by atoms with Crippen LogP contribution in [0.2, 0.25) is 0 Å². The Balaban J connectivity index is 0.000000123. The molecule has 1 saturated heterocycles. The van der Waals surface area contributed by atoms with E-state index in [2.05, 4.69) is 31.2 Å². The van der Waals surface area contributed by atoms with Gasteiger partial charge in [0.25, 0.3) is 0 Å². The number of piperidine rings is 1. The number of ether oxygens (including phenoxy) is 2. The van der Waals surface area contributed by atoms with E-state index in [-0.39, 0.29) is 5.75 Å². The van der Waals surface area contributed by atoms with Crippen molar-refractivity contribution >= 4 is 15.9 Å². The van der Waals surface area contributed by atoms with Crippen molar-refractivity contribution in [2.75, 3.05) is 13.1 Å². The molecule has 0 spiro atoms. The maximum absolute atomic E-state index is 8.57. The Bertz CT molecular complexity index is 705. The van der Waals surface area contributed by atoms with E-state index in [4.69, 9.17) is 14.6 Å². The number of aromatic nitrogens is 2. The first kappa shape index (κ1) is 24.0. The summed E-state index contributed by atoms with van der Waals surface area (Å²) in [5.41, 5.74) is 0. The number of nitrogens with one attached hydrogen (secondary N) is 1. The van der Waals surface area contributed by atoms with Crippen LogP contribution >= 0.6 is 15.9 Å². The Labute approximate surface area is 193 Å². The van der Waals surface area contributed by atoms with E-state index >= 15 is 0 Å². The third-order valence-corrected chi connectivity index (χ3v) is 5.69. The topological polar surface area (TPSA) is 76.5 Å². The van der Waals surface area contributed by atoms with Crippen molar-refractivity contribution in [3.05, 3.63) is 49.1 Å². The third-order valence-electron chi connectivity index (χ3n) is 4.78. The normalized spacial score (nSPS) is 21.8. The highest BCUT2D eigenvalue weighted by molar-refractivity contribution is 9.09. The lowest BCUT2D eigenvalue weighted by Gasteiger charge is -2.22. The fraction of sp³-hybridized carbons (Fsp3) is 0.583. The first-order chi connectivity index (χ1) is 15.2. The summed E-state index contributed by atoms with van der Waals surface area (Å²) in [5.74, 6) is 1.10. The zero-order valence-corrected chi connectivity index (χ0v) is 19.6. The van der Waals surface area contributed by atoms with Crippen molar-refractivity contribution in [2.24, 2.45) is 0 Å². The van der Waals surface area contributed by atoms with E-state index in [1.54, 1.807) is 30.7 Å². The highest BCUT2D eigenvalue weighted by Crippen LogP contribution is 2.28. The molecular formula is C24H34BrN3O3. The van der Waals surface area contributed by atoms with Crippen LogP contribution in [0, 0.1) is 0 Å². The van der Waals surface area contributed by atoms with Crippen molar-refractivity contribution in [2.45, 2.75) is 74.5 Å². The smallest absolute Gasteiger partial charge is 0.137 e. The van der Waals surface area contributed by atoms with Crippen molar-refractivity contribution in [1.82, 2.24) is 15.3 Å². The fourth-order valence-electron chi connectivity index (χ4n) is 2.62. The molecule has 1 atom stereocenters. The molecule has 1 unspecified atom stereocenters. The van der Waals surface area contributed by atoms with Crippen molar-refractivity contribution < 1.29 is 14.6 Å². The van der Waals surface area contributed by atoms with Crippen LogP contribution in [0.3, 0.4) is 0 Å². The largest absolute Gasteiger partial charge is 0.506 e. The molecule has 3 aliphatic carbocycles. The first-order valence-corrected chi connectivity index (χ1v) is 12.3. The quantitative estimate of drug-likeness (QED) is 0.594. The van der Waals surface area contributed by atoms with Crippen LogP contribution in [0.15, 0.2) is 49.1 Å². The maximum atomic E-state index is 8.57. The summed E-state index contributed by atoms with van der Waals surface area (Å²) in [4.78, 5) is 8.47. The molecule has 3 saturated carbocycles. The molecule has 4 aliphatic rings. The summed E-state index contributed by atoms with van der Waals surface area (Å²) in [5, 5.41) is 11.9. The molecule has 0 aromatic carbocycles. The van der Waals surface area contributed by atoms with Gasteiger partial charge in [-0.1, -0.05) is 15.9 Å². The van der Waals surface area contributed by atoms with Gasteiger partial charge in [0.2, 0.25) is 0 Å². The van der Waals surface area contributed by atoms with Crippen molar-refractivity contribution in [1.29, 1.82) is 0 Å². The second-order valence-electron chi connectivity index (χ2n) is 8.20. The fourth-order valence-corrected chi connectivity index (χ4v) is 2.89. The van der Waals surface area contributed by atoms with Gasteiger partial charge >= 0.3 is 0 Å². The number of aromatic hydroxyl groups is 1. The SMILES string of the molecule is BrC1CC1.C1CNCC(OC2CC2)C1.Oc1cccnc1.c1cncc(OC2CC2)c1. The average Bonchev–Trinajstić information content (AvgIpc) is 3.64. The molecule has 4 fully saturated rings. The summed E-state index contributed by atoms with van der Waals surface area (Å²) in [6, 6.07) is 7.07. The zero-order valence-electron chi connectivity index (χ0n) is 18.0. The second-order valence-corrected chi connectivity index (χ2v) is 9.49. The Morgan fingerprint density at radius 2 is 1.55 bits per heavy atom. The van der Waals surface area contributed by atoms with Gasteiger partial charge in [0.1, 0.15) is 11.5 Å². The Morgan fingerprint density at radius 3 is 1.97 bits per heavy atom. The van der Waals surface area contributed by atoms with Crippen LogP contribution in [0.4, 0.5) is 0 Å². The Morgan fingerprint density at radius 1 is 0.871 bits per heavy atom. The van der Waals surface area contributed by atoms with Crippen LogP contribution < -0.4 is 10.1 Å². The Hall–Kier alpha value is -1.70. The van der Waals surface area contributed by atoms with Crippen molar-refractivity contribution in [3.63, 3.8) is 0 Å². The molecule has 2 N–H and O–H groups in total. The van der Waals surface area contributed by atoms with E-state index in [1.807, 2.05) is 12.1 Å². The highest BCUT2D eigenvalue weighted by atomic mass is 79.9. The molecule has 1 aliphatic heterocycles. The van der Waals surface area contributed by atoms with Gasteiger partial charge in [-0.25, -0.2) is 0 Å². The van der Waals surface area contributed by atoms with E-state index in [9.17, 15) is 0 Å². The lowest BCUT2D eigenvalue weighted by atomic mass is 10.1. The van der Waals surface area contributed by atoms with Crippen LogP contribution in [0.5, 0.6) is 11.5 Å². The number of hydrogen-bond acceptors (Lipinski definition) is 6. The van der Waals surface area contributed by atoms with Gasteiger partial charge in [0, 0.05) is 23.8 Å². The molecule has 0 amide bonds. The summed E-state index contributed by atoms with van der Waals surface area (Å²) in [7, 11) is 0. The summed E-state index contributed by atoms with van der Waals surface area (Å²) >= 11 is 3.38. The minimum atomic E-state index is 0.211. The standard InChI is InChI=1S/C8H15NO.C8H9NO.C5H5NO.C3H5Br/c2*1-2-8(6-9-5-1)10-7-3-4-7;7-5-2-1-3-6-4-5;4-3-1-2-3/h7-9H,1-6H2;1-2,5-7H,3-4H2;1-4,7H;3H,1-2H2. The lowest BCUT2D eigenvalue weighted by Crippen LogP contribution is -2.35. The molecule has 0 radical (unpaired) electrons. The van der Waals surface area contributed by atoms with E-state index in [0.717, 1.165) is 17.1 Å². The molecular weight excluding hydrogens is 458 g/mol. The summed E-state index contributed by atoms with van der Waals surface area (Å²) in [6.45, 7) is 2.26. The number of nitrogens with zero attached hydrogens (tertiary/aromatic N) is 2. The van der Waals surface area contributed by atoms with Gasteiger partial charge in [-0.3, -0.25) is 9.97 Å². The van der Waals surface area contributed by atoms with Gasteiger partial charge in [-0.2, -0.15) is 0 Å². The second kappa shape index (κ2) is 13.7. The number of pyridine rings is 2. The van der Waals surface area contributed by atoms with E-state index in [0.29, 0.717) is 18.3 Å². The van der Waals surface area contributed by atoms with Gasteiger partial charge < -0.3 is 19.9 Å². The van der Waals surface area contributed by atoms with Gasteiger partial charge in [-0.15, -0.1) is 0 Å². The Kier molecular flexibility index (Phi) is 10.6. The lowest BCUT2D eigenvalue weighted by molar-refractivity contribution is 0.0249. The third kappa shape index (κ3) is 12.7. The minimum absolute atomic E-state index is 0.211. The highest BCUT2D eigenvalue weighted by Gasteiger charge is 2.26. The predicted octanol–water partition coefficient (Wildman–Crippen LogP) is 4.87. The molecule has 6 rings (SSSR count). The van der Waals surface area contributed by atoms with E-state index < -0.39 is 0 Å². The molecule has 0 bridgehead atoms. The monoisotopic (exact) mass is 491 g/mol. The van der Waals surface area contributed by atoms with Crippen molar-refractivity contribution in [3.8, 4) is 11.5 Å². The van der Waals surface area contributed by atoms with Crippen LogP contribution in [-0.4, -0.2) is 51.3 Å². The van der Waals surface area contributed by atoms with E-state index in [1.165, 1.54) is 64.1 Å². The number of hydrogen-bond donors (Lipinski definition) is 2. The van der Waals surface area contributed by atoms with Crippen LogP contribution in [0.1, 0.15) is 51.4 Å². The van der Waals surface area contributed by atoms with Gasteiger partial charge in [-0.05, 0) is 82.2 Å². The average molecular weight is 492 g/mol. The van der Waals surface area contributed by atoms with Gasteiger partial charge in [0.05, 0.1) is 30.7 Å². The summed E-state index contributed by atoms with van der Waals surface area (Å²) < 4.78 is 11.2. The predicted molar refractivity (Wildman–Crippen MR) is 126 cm³/mol. The molecule has 2 aromatic heterocycles. The molecule has 6 nitrogen and oxygen atoms in total. The number of alkyl halides is 1.